The lowest BCUT2D eigenvalue weighted by Gasteiger charge is -2.01. The highest BCUT2D eigenvalue weighted by atomic mass is 16.3. The third-order valence-electron chi connectivity index (χ3n) is 1.50. The lowest BCUT2D eigenvalue weighted by molar-refractivity contribution is 0.112. The van der Waals surface area contributed by atoms with Crippen LogP contribution in [0.1, 0.15) is 15.9 Å². The van der Waals surface area contributed by atoms with Crippen molar-refractivity contribution < 1.29 is 4.79 Å². The Balaban J connectivity index is 3.11. The average molecular weight is 164 g/mol. The number of hydrogen-bond donors (Lipinski definition) is 1. The molecule has 1 aromatic carbocycles. The average Bonchev–Trinajstić information content (AvgIpc) is 2.05. The number of carbonyl (C=O) groups excluding carboxylic acids is 1. The molecule has 1 rings (SSSR count). The van der Waals surface area contributed by atoms with Crippen LogP contribution >= 0.6 is 0 Å². The van der Waals surface area contributed by atoms with E-state index in [9.17, 15) is 9.70 Å². The minimum Gasteiger partial charge on any atom is -0.298 e. The van der Waals surface area contributed by atoms with E-state index in [1.807, 2.05) is 6.92 Å². The van der Waals surface area contributed by atoms with E-state index in [4.69, 9.17) is 0 Å². The SMILES string of the molecule is Cc1ccc(C=O)c(NN=O)c1. The maximum Gasteiger partial charge on any atom is 0.152 e. The van der Waals surface area contributed by atoms with Crippen LogP contribution in [0.25, 0.3) is 0 Å². The number of nitrogens with zero attached hydrogens (tertiary/aromatic N) is 1. The van der Waals surface area contributed by atoms with Crippen LogP contribution in [0, 0.1) is 11.8 Å². The molecule has 0 bridgehead atoms. The minimum atomic E-state index is 0.431. The molecule has 0 fully saturated rings. The summed E-state index contributed by atoms with van der Waals surface area (Å²) < 4.78 is 0. The molecule has 0 amide bonds. The van der Waals surface area contributed by atoms with Gasteiger partial charge in [-0.3, -0.25) is 4.79 Å². The first kappa shape index (κ1) is 8.39. The number of hydrogen-bond acceptors (Lipinski definition) is 3. The molecule has 0 aromatic heterocycles. The molecule has 0 unspecified atom stereocenters. The van der Waals surface area contributed by atoms with Gasteiger partial charge in [0.05, 0.1) is 11.0 Å². The molecule has 62 valence electrons. The van der Waals surface area contributed by atoms with Crippen LogP contribution in [0.2, 0.25) is 0 Å². The number of nitroso groups, excluding NO2 is 1. The molecular formula is C8H8N2O2. The summed E-state index contributed by atoms with van der Waals surface area (Å²) >= 11 is 0. The first-order valence-electron chi connectivity index (χ1n) is 3.42. The van der Waals surface area contributed by atoms with Crippen molar-refractivity contribution in [2.75, 3.05) is 5.43 Å². The van der Waals surface area contributed by atoms with Crippen LogP contribution in [0.15, 0.2) is 23.5 Å². The number of benzene rings is 1. The highest BCUT2D eigenvalue weighted by Crippen LogP contribution is 2.15. The monoisotopic (exact) mass is 164 g/mol. The van der Waals surface area contributed by atoms with E-state index in [0.29, 0.717) is 17.5 Å². The van der Waals surface area contributed by atoms with Crippen molar-refractivity contribution in [2.45, 2.75) is 6.92 Å². The van der Waals surface area contributed by atoms with E-state index in [1.165, 1.54) is 0 Å². The van der Waals surface area contributed by atoms with Crippen molar-refractivity contribution in [2.24, 2.45) is 5.29 Å². The van der Waals surface area contributed by atoms with Crippen molar-refractivity contribution in [3.8, 4) is 0 Å². The molecule has 12 heavy (non-hydrogen) atoms. The number of nitrogens with one attached hydrogen (secondary N) is 1. The van der Waals surface area contributed by atoms with Gasteiger partial charge in [-0.1, -0.05) is 6.07 Å². The second-order valence-corrected chi connectivity index (χ2v) is 2.41. The van der Waals surface area contributed by atoms with Crippen molar-refractivity contribution in [1.82, 2.24) is 0 Å². The summed E-state index contributed by atoms with van der Waals surface area (Å²) in [6.45, 7) is 1.87. The Morgan fingerprint density at radius 2 is 2.25 bits per heavy atom. The molecule has 0 heterocycles. The molecular weight excluding hydrogens is 156 g/mol. The number of aryl methyl sites for hydroxylation is 1. The second kappa shape index (κ2) is 3.61. The van der Waals surface area contributed by atoms with Gasteiger partial charge in [0.1, 0.15) is 0 Å². The quantitative estimate of drug-likeness (QED) is 0.421. The Morgan fingerprint density at radius 1 is 1.50 bits per heavy atom. The third kappa shape index (κ3) is 1.66. The lowest BCUT2D eigenvalue weighted by atomic mass is 10.1. The fourth-order valence-corrected chi connectivity index (χ4v) is 0.919. The zero-order valence-corrected chi connectivity index (χ0v) is 6.57. The third-order valence-corrected chi connectivity index (χ3v) is 1.50. The molecule has 4 heteroatoms. The number of aldehydes is 1. The standard InChI is InChI=1S/C8H8N2O2/c1-6-2-3-7(5-11)8(4-6)9-10-12/h2-5H,1H3,(H,9,12). The van der Waals surface area contributed by atoms with Gasteiger partial charge in [0, 0.05) is 5.56 Å². The van der Waals surface area contributed by atoms with E-state index in [-0.39, 0.29) is 0 Å². The summed E-state index contributed by atoms with van der Waals surface area (Å²) in [6.07, 6.45) is 0.674. The summed E-state index contributed by atoms with van der Waals surface area (Å²) in [5.74, 6) is 0. The Labute approximate surface area is 69.5 Å². The number of carbonyl (C=O) groups is 1. The normalized spacial score (nSPS) is 9.08. The van der Waals surface area contributed by atoms with Crippen LogP contribution in [-0.4, -0.2) is 6.29 Å². The smallest absolute Gasteiger partial charge is 0.152 e. The highest BCUT2D eigenvalue weighted by Gasteiger charge is 1.99. The van der Waals surface area contributed by atoms with Crippen molar-refractivity contribution in [1.29, 1.82) is 0 Å². The Hall–Kier alpha value is -1.71. The van der Waals surface area contributed by atoms with Crippen LogP contribution in [0.5, 0.6) is 0 Å². The predicted molar refractivity (Wildman–Crippen MR) is 46.0 cm³/mol. The summed E-state index contributed by atoms with van der Waals surface area (Å²) in [6, 6.07) is 5.11. The van der Waals surface area contributed by atoms with Gasteiger partial charge < -0.3 is 0 Å². The van der Waals surface area contributed by atoms with Crippen LogP contribution in [-0.2, 0) is 0 Å². The van der Waals surface area contributed by atoms with E-state index < -0.39 is 0 Å². The Morgan fingerprint density at radius 3 is 2.83 bits per heavy atom. The summed E-state index contributed by atoms with van der Waals surface area (Å²) in [5.41, 5.74) is 4.05. The van der Waals surface area contributed by atoms with Crippen LogP contribution < -0.4 is 5.43 Å². The molecule has 1 N–H and O–H groups in total. The molecule has 0 aliphatic carbocycles. The summed E-state index contributed by atoms with van der Waals surface area (Å²) in [5, 5.41) is 2.50. The molecule has 0 saturated heterocycles. The van der Waals surface area contributed by atoms with Gasteiger partial charge in [-0.05, 0) is 24.6 Å². The van der Waals surface area contributed by atoms with Crippen LogP contribution in [0.3, 0.4) is 0 Å². The predicted octanol–water partition coefficient (Wildman–Crippen LogP) is 1.90. The van der Waals surface area contributed by atoms with Gasteiger partial charge in [-0.2, -0.15) is 0 Å². The van der Waals surface area contributed by atoms with Crippen molar-refractivity contribution in [3.63, 3.8) is 0 Å². The summed E-state index contributed by atoms with van der Waals surface area (Å²) in [4.78, 5) is 20.3. The molecule has 0 aliphatic heterocycles. The lowest BCUT2D eigenvalue weighted by Crippen LogP contribution is -1.93. The van der Waals surface area contributed by atoms with Crippen molar-refractivity contribution >= 4 is 12.0 Å². The zero-order chi connectivity index (χ0) is 8.97. The zero-order valence-electron chi connectivity index (χ0n) is 6.57. The first-order valence-corrected chi connectivity index (χ1v) is 3.42. The maximum absolute atomic E-state index is 10.4. The van der Waals surface area contributed by atoms with E-state index in [2.05, 4.69) is 10.7 Å². The fourth-order valence-electron chi connectivity index (χ4n) is 0.919. The molecule has 0 radical (unpaired) electrons. The minimum absolute atomic E-state index is 0.431. The largest absolute Gasteiger partial charge is 0.298 e. The van der Waals surface area contributed by atoms with E-state index in [1.54, 1.807) is 18.2 Å². The van der Waals surface area contributed by atoms with Gasteiger partial charge >= 0.3 is 0 Å². The number of anilines is 1. The fraction of sp³-hybridized carbons (Fsp3) is 0.125. The van der Waals surface area contributed by atoms with Crippen molar-refractivity contribution in [3.05, 3.63) is 34.2 Å². The summed E-state index contributed by atoms with van der Waals surface area (Å²) in [7, 11) is 0. The second-order valence-electron chi connectivity index (χ2n) is 2.41. The number of rotatable bonds is 3. The Kier molecular flexibility index (Phi) is 2.53. The molecule has 0 spiro atoms. The van der Waals surface area contributed by atoms with Crippen LogP contribution in [0.4, 0.5) is 5.69 Å². The van der Waals surface area contributed by atoms with E-state index in [0.717, 1.165) is 5.56 Å². The Bertz CT molecular complexity index is 310. The van der Waals surface area contributed by atoms with Gasteiger partial charge in [0.15, 0.2) is 6.29 Å². The van der Waals surface area contributed by atoms with Gasteiger partial charge in [0.2, 0.25) is 0 Å². The van der Waals surface area contributed by atoms with Gasteiger partial charge in [-0.25, -0.2) is 5.43 Å². The first-order chi connectivity index (χ1) is 5.77. The molecule has 1 aromatic rings. The van der Waals surface area contributed by atoms with Gasteiger partial charge in [-0.15, -0.1) is 4.91 Å². The molecule has 0 atom stereocenters. The molecule has 4 nitrogen and oxygen atoms in total. The van der Waals surface area contributed by atoms with E-state index >= 15 is 0 Å². The molecule has 0 saturated carbocycles. The highest BCUT2D eigenvalue weighted by molar-refractivity contribution is 5.84. The topological polar surface area (TPSA) is 58.5 Å². The van der Waals surface area contributed by atoms with Gasteiger partial charge in [0.25, 0.3) is 0 Å². The maximum atomic E-state index is 10.4. The molecule has 0 aliphatic rings.